The summed E-state index contributed by atoms with van der Waals surface area (Å²) in [4.78, 5) is 22.9. The van der Waals surface area contributed by atoms with Crippen molar-refractivity contribution in [2.24, 2.45) is 13.0 Å². The summed E-state index contributed by atoms with van der Waals surface area (Å²) in [5.41, 5.74) is 0.170. The minimum atomic E-state index is -0.789. The first kappa shape index (κ1) is 14.8. The zero-order valence-corrected chi connectivity index (χ0v) is 12.7. The molecule has 0 spiro atoms. The molecule has 7 heteroatoms. The van der Waals surface area contributed by atoms with E-state index in [1.807, 2.05) is 0 Å². The number of aliphatic hydroxyl groups is 1. The number of nitro groups is 1. The molecule has 7 nitrogen and oxygen atoms in total. The number of aromatic nitrogens is 2. The van der Waals surface area contributed by atoms with Gasteiger partial charge in [0.2, 0.25) is 0 Å². The van der Waals surface area contributed by atoms with Gasteiger partial charge in [-0.25, -0.2) is 4.79 Å². The Labute approximate surface area is 126 Å². The molecule has 1 heterocycles. The average molecular weight is 305 g/mol. The summed E-state index contributed by atoms with van der Waals surface area (Å²) in [5.74, 6) is -0.0185. The second kappa shape index (κ2) is 4.95. The number of imidazole rings is 1. The van der Waals surface area contributed by atoms with Crippen molar-refractivity contribution in [1.29, 1.82) is 0 Å². The van der Waals surface area contributed by atoms with Crippen molar-refractivity contribution in [3.8, 4) is 0 Å². The molecule has 0 unspecified atom stereocenters. The molecule has 0 aliphatic heterocycles. The zero-order chi connectivity index (χ0) is 16.1. The van der Waals surface area contributed by atoms with Gasteiger partial charge in [-0.15, -0.1) is 0 Å². The lowest BCUT2D eigenvalue weighted by atomic mass is 9.93. The second-order valence-corrected chi connectivity index (χ2v) is 6.33. The number of hydrogen-bond acceptors (Lipinski definition) is 4. The topological polar surface area (TPSA) is 90.3 Å². The number of non-ortho nitro benzene ring substituents is 1. The van der Waals surface area contributed by atoms with Crippen molar-refractivity contribution in [2.75, 3.05) is 0 Å². The summed E-state index contributed by atoms with van der Waals surface area (Å²) >= 11 is 0. The molecule has 1 aliphatic rings. The number of nitrogens with zero attached hydrogens (tertiary/aromatic N) is 3. The van der Waals surface area contributed by atoms with E-state index in [1.165, 1.54) is 16.7 Å². The average Bonchev–Trinajstić information content (AvgIpc) is 2.91. The van der Waals surface area contributed by atoms with Gasteiger partial charge < -0.3 is 5.11 Å². The van der Waals surface area contributed by atoms with E-state index in [0.717, 1.165) is 19.3 Å². The van der Waals surface area contributed by atoms with E-state index in [0.29, 0.717) is 17.6 Å². The van der Waals surface area contributed by atoms with Crippen LogP contribution < -0.4 is 5.69 Å². The van der Waals surface area contributed by atoms with Crippen molar-refractivity contribution in [3.63, 3.8) is 0 Å². The first-order valence-corrected chi connectivity index (χ1v) is 7.37. The van der Waals surface area contributed by atoms with Gasteiger partial charge in [0, 0.05) is 31.6 Å². The van der Waals surface area contributed by atoms with Crippen molar-refractivity contribution < 1.29 is 10.0 Å². The summed E-state index contributed by atoms with van der Waals surface area (Å²) in [7, 11) is 1.65. The third-order valence-electron chi connectivity index (χ3n) is 4.86. The van der Waals surface area contributed by atoms with Gasteiger partial charge in [-0.1, -0.05) is 6.42 Å². The maximum absolute atomic E-state index is 12.4. The number of aryl methyl sites for hydroxylation is 1. The molecule has 1 N–H and O–H groups in total. The molecule has 1 aliphatic carbocycles. The number of rotatable bonds is 3. The zero-order valence-electron chi connectivity index (χ0n) is 12.7. The third-order valence-corrected chi connectivity index (χ3v) is 4.86. The van der Waals surface area contributed by atoms with Gasteiger partial charge in [0.25, 0.3) is 5.69 Å². The highest BCUT2D eigenvalue weighted by Gasteiger charge is 2.37. The Bertz CT molecular complexity index is 803. The highest BCUT2D eigenvalue weighted by Crippen LogP contribution is 2.36. The molecule has 1 saturated carbocycles. The van der Waals surface area contributed by atoms with Crippen LogP contribution in [0.15, 0.2) is 23.0 Å². The van der Waals surface area contributed by atoms with Gasteiger partial charge in [-0.3, -0.25) is 19.2 Å². The molecule has 2 atom stereocenters. The minimum absolute atomic E-state index is 0.0185. The molecule has 0 amide bonds. The minimum Gasteiger partial charge on any atom is -0.390 e. The summed E-state index contributed by atoms with van der Waals surface area (Å²) in [6, 6.07) is 4.43. The Balaban J connectivity index is 2.12. The second-order valence-electron chi connectivity index (χ2n) is 6.33. The Morgan fingerprint density at radius 2 is 2.18 bits per heavy atom. The summed E-state index contributed by atoms with van der Waals surface area (Å²) in [6.45, 7) is 2.17. The van der Waals surface area contributed by atoms with E-state index < -0.39 is 10.5 Å². The summed E-state index contributed by atoms with van der Waals surface area (Å²) < 4.78 is 3.04. The van der Waals surface area contributed by atoms with E-state index in [4.69, 9.17) is 0 Å². The molecule has 2 aromatic rings. The number of nitro benzene ring substituents is 1. The summed E-state index contributed by atoms with van der Waals surface area (Å²) in [6.07, 6.45) is 2.50. The van der Waals surface area contributed by atoms with Crippen LogP contribution >= 0.6 is 0 Å². The van der Waals surface area contributed by atoms with Crippen LogP contribution in [-0.2, 0) is 13.6 Å². The molecule has 0 bridgehead atoms. The van der Waals surface area contributed by atoms with Crippen LogP contribution in [0.5, 0.6) is 0 Å². The molecule has 22 heavy (non-hydrogen) atoms. The van der Waals surface area contributed by atoms with Gasteiger partial charge in [0.15, 0.2) is 0 Å². The number of benzene rings is 1. The van der Waals surface area contributed by atoms with Crippen LogP contribution in [0.25, 0.3) is 11.0 Å². The van der Waals surface area contributed by atoms with E-state index in [1.54, 1.807) is 24.6 Å². The third kappa shape index (κ3) is 2.21. The standard InChI is InChI=1S/C15H19N3O4/c1-15(20)7-3-4-10(15)9-17-13-8-11(18(21)22)5-6-12(13)16(2)14(17)19/h5-6,8,10,20H,3-4,7,9H2,1-2H3/t10-,15-/m0/s1. The molecular weight excluding hydrogens is 286 g/mol. The molecule has 1 fully saturated rings. The molecule has 3 rings (SSSR count). The van der Waals surface area contributed by atoms with E-state index in [9.17, 15) is 20.0 Å². The molecule has 1 aromatic heterocycles. The first-order valence-electron chi connectivity index (χ1n) is 7.37. The quantitative estimate of drug-likeness (QED) is 0.691. The van der Waals surface area contributed by atoms with E-state index in [-0.39, 0.29) is 17.3 Å². The van der Waals surface area contributed by atoms with E-state index in [2.05, 4.69) is 0 Å². The fourth-order valence-electron chi connectivity index (χ4n) is 3.42. The molecule has 0 saturated heterocycles. The van der Waals surface area contributed by atoms with Crippen LogP contribution in [0, 0.1) is 16.0 Å². The highest BCUT2D eigenvalue weighted by atomic mass is 16.6. The van der Waals surface area contributed by atoms with Crippen molar-refractivity contribution in [2.45, 2.75) is 38.3 Å². The van der Waals surface area contributed by atoms with Crippen LogP contribution in [0.4, 0.5) is 5.69 Å². The van der Waals surface area contributed by atoms with Gasteiger partial charge in [-0.2, -0.15) is 0 Å². The van der Waals surface area contributed by atoms with Crippen molar-refractivity contribution in [3.05, 3.63) is 38.8 Å². The van der Waals surface area contributed by atoms with Crippen molar-refractivity contribution >= 4 is 16.7 Å². The van der Waals surface area contributed by atoms with Crippen molar-refractivity contribution in [1.82, 2.24) is 9.13 Å². The van der Waals surface area contributed by atoms with Crippen LogP contribution in [0.3, 0.4) is 0 Å². The molecule has 0 radical (unpaired) electrons. The van der Waals surface area contributed by atoms with Gasteiger partial charge in [0.1, 0.15) is 0 Å². The SMILES string of the molecule is Cn1c(=O)n(C[C@@H]2CCC[C@]2(C)O)c2cc([N+](=O)[O-])ccc21. The van der Waals surface area contributed by atoms with Crippen LogP contribution in [0.2, 0.25) is 0 Å². The molecule has 118 valence electrons. The highest BCUT2D eigenvalue weighted by molar-refractivity contribution is 5.78. The van der Waals surface area contributed by atoms with E-state index >= 15 is 0 Å². The lowest BCUT2D eigenvalue weighted by Crippen LogP contribution is -2.35. The summed E-state index contributed by atoms with van der Waals surface area (Å²) in [5, 5.41) is 21.4. The monoisotopic (exact) mass is 305 g/mol. The van der Waals surface area contributed by atoms with Gasteiger partial charge >= 0.3 is 5.69 Å². The van der Waals surface area contributed by atoms with Crippen LogP contribution in [-0.4, -0.2) is 24.8 Å². The normalized spacial score (nSPS) is 25.0. The predicted octanol–water partition coefficient (Wildman–Crippen LogP) is 1.80. The molecular formula is C15H19N3O4. The predicted molar refractivity (Wildman–Crippen MR) is 81.8 cm³/mol. The van der Waals surface area contributed by atoms with Gasteiger partial charge in [0.05, 0.1) is 21.6 Å². The number of hydrogen-bond donors (Lipinski definition) is 1. The van der Waals surface area contributed by atoms with Gasteiger partial charge in [-0.05, 0) is 25.8 Å². The first-order chi connectivity index (χ1) is 10.3. The molecule has 1 aromatic carbocycles. The number of fused-ring (bicyclic) bond motifs is 1. The maximum atomic E-state index is 12.4. The largest absolute Gasteiger partial charge is 0.390 e. The van der Waals surface area contributed by atoms with Crippen LogP contribution in [0.1, 0.15) is 26.2 Å². The maximum Gasteiger partial charge on any atom is 0.328 e. The lowest BCUT2D eigenvalue weighted by Gasteiger charge is -2.25. The fraction of sp³-hybridized carbons (Fsp3) is 0.533. The Hall–Kier alpha value is -2.15. The fourth-order valence-corrected chi connectivity index (χ4v) is 3.42. The Morgan fingerprint density at radius 3 is 2.77 bits per heavy atom. The lowest BCUT2D eigenvalue weighted by molar-refractivity contribution is -0.384. The Morgan fingerprint density at radius 1 is 1.45 bits per heavy atom. The Kier molecular flexibility index (Phi) is 3.32. The smallest absolute Gasteiger partial charge is 0.328 e.